The molecule has 0 fully saturated rings. The molecule has 0 aliphatic rings. The zero-order valence-corrected chi connectivity index (χ0v) is 15.1. The highest BCUT2D eigenvalue weighted by atomic mass is 19.1. The largest absolute Gasteiger partial charge is 0.480 e. The average molecular weight is 356 g/mol. The van der Waals surface area contributed by atoms with Crippen molar-refractivity contribution in [3.05, 3.63) is 47.9 Å². The lowest BCUT2D eigenvalue weighted by atomic mass is 10.1. The van der Waals surface area contributed by atoms with Gasteiger partial charge in [-0.05, 0) is 44.2 Å². The lowest BCUT2D eigenvalue weighted by molar-refractivity contribution is -0.130. The van der Waals surface area contributed by atoms with E-state index in [4.69, 9.17) is 4.74 Å². The molecular formula is C19H21FN4O2. The fourth-order valence-electron chi connectivity index (χ4n) is 2.90. The van der Waals surface area contributed by atoms with Crippen molar-refractivity contribution >= 4 is 11.6 Å². The number of aromatic nitrogens is 3. The maximum absolute atomic E-state index is 13.3. The third-order valence-electron chi connectivity index (χ3n) is 4.31. The van der Waals surface area contributed by atoms with Gasteiger partial charge >= 0.3 is 0 Å². The van der Waals surface area contributed by atoms with Crippen LogP contribution in [0.25, 0.3) is 16.9 Å². The number of rotatable bonds is 6. The van der Waals surface area contributed by atoms with Crippen LogP contribution in [0.1, 0.15) is 19.5 Å². The van der Waals surface area contributed by atoms with Crippen LogP contribution in [-0.2, 0) is 11.2 Å². The van der Waals surface area contributed by atoms with E-state index in [1.807, 2.05) is 13.8 Å². The van der Waals surface area contributed by atoms with E-state index < -0.39 is 0 Å². The first-order chi connectivity index (χ1) is 12.6. The molecular weight excluding hydrogens is 335 g/mol. The van der Waals surface area contributed by atoms with Gasteiger partial charge in [0.05, 0.1) is 24.9 Å². The first-order valence-electron chi connectivity index (χ1n) is 8.53. The summed E-state index contributed by atoms with van der Waals surface area (Å²) in [7, 11) is 1.53. The van der Waals surface area contributed by atoms with E-state index in [1.165, 1.54) is 19.2 Å². The highest BCUT2D eigenvalue weighted by Crippen LogP contribution is 2.26. The number of benzene rings is 1. The quantitative estimate of drug-likeness (QED) is 0.681. The predicted molar refractivity (Wildman–Crippen MR) is 96.6 cm³/mol. The summed E-state index contributed by atoms with van der Waals surface area (Å²) < 4.78 is 20.1. The number of ether oxygens (including phenoxy) is 1. The molecule has 3 aromatic rings. The van der Waals surface area contributed by atoms with Gasteiger partial charge in [0.1, 0.15) is 5.82 Å². The van der Waals surface area contributed by atoms with Crippen LogP contribution >= 0.6 is 0 Å². The van der Waals surface area contributed by atoms with Crippen molar-refractivity contribution in [1.29, 1.82) is 0 Å². The number of hydrogen-bond donors (Lipinski definition) is 0. The molecule has 0 atom stereocenters. The number of nitrogens with zero attached hydrogens (tertiary/aromatic N) is 4. The molecule has 136 valence electrons. The molecule has 3 rings (SSSR count). The molecule has 0 saturated carbocycles. The summed E-state index contributed by atoms with van der Waals surface area (Å²) in [5.41, 5.74) is 2.61. The van der Waals surface area contributed by atoms with E-state index in [1.54, 1.807) is 33.7 Å². The number of imidazole rings is 1. The van der Waals surface area contributed by atoms with Gasteiger partial charge in [0.25, 0.3) is 0 Å². The minimum absolute atomic E-state index is 0.00946. The Balaban J connectivity index is 2.13. The fraction of sp³-hybridized carbons (Fsp3) is 0.316. The Bertz CT molecular complexity index is 917. The van der Waals surface area contributed by atoms with Gasteiger partial charge in [-0.25, -0.2) is 13.9 Å². The van der Waals surface area contributed by atoms with Crippen molar-refractivity contribution in [3.8, 4) is 17.1 Å². The van der Waals surface area contributed by atoms with Gasteiger partial charge < -0.3 is 9.64 Å². The van der Waals surface area contributed by atoms with Gasteiger partial charge in [0.2, 0.25) is 11.8 Å². The molecule has 2 aromatic heterocycles. The second kappa shape index (κ2) is 7.51. The summed E-state index contributed by atoms with van der Waals surface area (Å²) >= 11 is 0. The number of methoxy groups -OCH3 is 1. The number of carbonyl (C=O) groups excluding carboxylic acids is 1. The normalized spacial score (nSPS) is 10.9. The van der Waals surface area contributed by atoms with Crippen molar-refractivity contribution in [2.24, 2.45) is 0 Å². The molecule has 6 nitrogen and oxygen atoms in total. The van der Waals surface area contributed by atoms with E-state index >= 15 is 0 Å². The fourth-order valence-corrected chi connectivity index (χ4v) is 2.90. The summed E-state index contributed by atoms with van der Waals surface area (Å²) in [5.74, 6) is 0.0972. The van der Waals surface area contributed by atoms with Crippen LogP contribution < -0.4 is 4.74 Å². The Hall–Kier alpha value is -2.96. The number of amides is 1. The second-order valence-corrected chi connectivity index (χ2v) is 5.80. The van der Waals surface area contributed by atoms with Gasteiger partial charge in [0.15, 0.2) is 5.65 Å². The van der Waals surface area contributed by atoms with E-state index in [9.17, 15) is 9.18 Å². The molecule has 7 heteroatoms. The van der Waals surface area contributed by atoms with Crippen LogP contribution in [0.4, 0.5) is 4.39 Å². The van der Waals surface area contributed by atoms with Gasteiger partial charge in [-0.2, -0.15) is 0 Å². The number of fused-ring (bicyclic) bond motifs is 1. The van der Waals surface area contributed by atoms with Gasteiger partial charge in [-0.1, -0.05) is 0 Å². The summed E-state index contributed by atoms with van der Waals surface area (Å²) in [6.07, 6.45) is 0.149. The van der Waals surface area contributed by atoms with E-state index in [0.29, 0.717) is 36.0 Å². The number of carbonyl (C=O) groups is 1. The minimum atomic E-state index is -0.321. The summed E-state index contributed by atoms with van der Waals surface area (Å²) in [4.78, 5) is 19.0. The summed E-state index contributed by atoms with van der Waals surface area (Å²) in [6.45, 7) is 5.15. The Morgan fingerprint density at radius 2 is 1.85 bits per heavy atom. The van der Waals surface area contributed by atoms with Crippen LogP contribution in [-0.4, -0.2) is 45.6 Å². The molecule has 26 heavy (non-hydrogen) atoms. The number of halogens is 1. The molecule has 1 amide bonds. The van der Waals surface area contributed by atoms with Crippen molar-refractivity contribution in [2.45, 2.75) is 20.3 Å². The van der Waals surface area contributed by atoms with Gasteiger partial charge in [-0.15, -0.1) is 5.10 Å². The molecule has 2 heterocycles. The molecule has 1 aromatic carbocycles. The maximum atomic E-state index is 13.3. The van der Waals surface area contributed by atoms with E-state index in [0.717, 1.165) is 5.56 Å². The lowest BCUT2D eigenvalue weighted by Gasteiger charge is -2.18. The molecule has 0 bridgehead atoms. The topological polar surface area (TPSA) is 59.7 Å². The van der Waals surface area contributed by atoms with E-state index in [-0.39, 0.29) is 18.1 Å². The van der Waals surface area contributed by atoms with Crippen molar-refractivity contribution in [1.82, 2.24) is 19.5 Å². The summed E-state index contributed by atoms with van der Waals surface area (Å²) in [6, 6.07) is 9.56. The lowest BCUT2D eigenvalue weighted by Crippen LogP contribution is -2.32. The third-order valence-corrected chi connectivity index (χ3v) is 4.31. The number of likely N-dealkylation sites (N-methyl/N-ethyl adjacent to an activating group) is 1. The molecule has 0 radical (unpaired) electrons. The van der Waals surface area contributed by atoms with E-state index in [2.05, 4.69) is 10.1 Å². The Morgan fingerprint density at radius 3 is 2.46 bits per heavy atom. The number of hydrogen-bond acceptors (Lipinski definition) is 4. The Morgan fingerprint density at radius 1 is 1.15 bits per heavy atom. The average Bonchev–Trinajstić information content (AvgIpc) is 3.01. The van der Waals surface area contributed by atoms with Crippen LogP contribution in [0.5, 0.6) is 5.88 Å². The molecule has 0 spiro atoms. The zero-order valence-electron chi connectivity index (χ0n) is 15.1. The Kier molecular flexibility index (Phi) is 5.16. The predicted octanol–water partition coefficient (Wildman–Crippen LogP) is 2.95. The van der Waals surface area contributed by atoms with Gasteiger partial charge in [-0.3, -0.25) is 4.79 Å². The van der Waals surface area contributed by atoms with Crippen molar-refractivity contribution < 1.29 is 13.9 Å². The van der Waals surface area contributed by atoms with Crippen LogP contribution in [0, 0.1) is 5.82 Å². The van der Waals surface area contributed by atoms with Crippen LogP contribution in [0.2, 0.25) is 0 Å². The first-order valence-corrected chi connectivity index (χ1v) is 8.53. The molecule has 0 N–H and O–H groups in total. The SMILES string of the molecule is CCN(CC)C(=O)Cc1c(-c2ccc(F)cc2)nc2ccc(OC)nn12. The van der Waals surface area contributed by atoms with Gasteiger partial charge in [0, 0.05) is 24.7 Å². The monoisotopic (exact) mass is 356 g/mol. The maximum Gasteiger partial charge on any atom is 0.231 e. The van der Waals surface area contributed by atoms with Crippen molar-refractivity contribution in [3.63, 3.8) is 0 Å². The zero-order chi connectivity index (χ0) is 18.7. The molecule has 0 aliphatic carbocycles. The standard InChI is InChI=1S/C19H21FN4O2/c1-4-23(5-2)18(25)12-15-19(13-6-8-14(20)9-7-13)21-16-10-11-17(26-3)22-24(15)16/h6-11H,4-5,12H2,1-3H3. The summed E-state index contributed by atoms with van der Waals surface area (Å²) in [5, 5.41) is 4.41. The molecule has 0 saturated heterocycles. The second-order valence-electron chi connectivity index (χ2n) is 5.80. The van der Waals surface area contributed by atoms with Crippen molar-refractivity contribution in [2.75, 3.05) is 20.2 Å². The Labute approximate surface area is 151 Å². The van der Waals surface area contributed by atoms with Crippen LogP contribution in [0.15, 0.2) is 36.4 Å². The first kappa shape index (κ1) is 17.8. The molecule has 0 unspecified atom stereocenters. The highest BCUT2D eigenvalue weighted by Gasteiger charge is 2.20. The smallest absolute Gasteiger partial charge is 0.231 e. The highest BCUT2D eigenvalue weighted by molar-refractivity contribution is 5.81. The van der Waals surface area contributed by atoms with Crippen LogP contribution in [0.3, 0.4) is 0 Å². The third kappa shape index (κ3) is 3.37. The molecule has 0 aliphatic heterocycles. The minimum Gasteiger partial charge on any atom is -0.480 e.